The molecule has 0 bridgehead atoms. The largest absolute Gasteiger partial charge is 0.468 e. The second kappa shape index (κ2) is 9.17. The Labute approximate surface area is 150 Å². The summed E-state index contributed by atoms with van der Waals surface area (Å²) in [6, 6.07) is 6.25. The van der Waals surface area contributed by atoms with Crippen molar-refractivity contribution in [3.8, 4) is 6.07 Å². The van der Waals surface area contributed by atoms with Gasteiger partial charge in [0.25, 0.3) is 5.91 Å². The Morgan fingerprint density at radius 1 is 1.08 bits per heavy atom. The highest BCUT2D eigenvalue weighted by Gasteiger charge is 2.41. The van der Waals surface area contributed by atoms with E-state index < -0.39 is 41.6 Å². The van der Waals surface area contributed by atoms with E-state index in [4.69, 9.17) is 11.0 Å². The number of nitrogens with zero attached hydrogens (tertiary/aromatic N) is 1. The predicted molar refractivity (Wildman–Crippen MR) is 88.3 cm³/mol. The Hall–Kier alpha value is -3.41. The van der Waals surface area contributed by atoms with Gasteiger partial charge in [-0.25, -0.2) is 0 Å². The zero-order valence-electron chi connectivity index (χ0n) is 14.5. The number of benzene rings is 1. The first-order valence-corrected chi connectivity index (χ1v) is 7.52. The van der Waals surface area contributed by atoms with E-state index >= 15 is 0 Å². The molecule has 9 heteroatoms. The molecule has 138 valence electrons. The minimum absolute atomic E-state index is 0.176. The maximum Gasteiger partial charge on any atom is 0.320 e. The summed E-state index contributed by atoms with van der Waals surface area (Å²) in [4.78, 5) is 47.9. The highest BCUT2D eigenvalue weighted by Crippen LogP contribution is 2.20. The molecule has 0 aliphatic heterocycles. The first kappa shape index (κ1) is 20.6. The zero-order valence-corrected chi connectivity index (χ0v) is 14.5. The van der Waals surface area contributed by atoms with Crippen LogP contribution in [0.25, 0.3) is 0 Å². The number of hydrogen-bond donors (Lipinski definition) is 2. The van der Waals surface area contributed by atoms with Gasteiger partial charge in [-0.05, 0) is 24.3 Å². The fourth-order valence-electron chi connectivity index (χ4n) is 2.35. The fourth-order valence-corrected chi connectivity index (χ4v) is 2.35. The van der Waals surface area contributed by atoms with Crippen LogP contribution in [0.1, 0.15) is 22.8 Å². The Morgan fingerprint density at radius 2 is 1.58 bits per heavy atom. The molecule has 0 heterocycles. The van der Waals surface area contributed by atoms with Crippen molar-refractivity contribution in [2.24, 2.45) is 17.6 Å². The van der Waals surface area contributed by atoms with Crippen LogP contribution in [-0.2, 0) is 23.9 Å². The lowest BCUT2D eigenvalue weighted by molar-refractivity contribution is -0.161. The highest BCUT2D eigenvalue weighted by molar-refractivity contribution is 5.99. The van der Waals surface area contributed by atoms with Gasteiger partial charge in [-0.2, -0.15) is 5.26 Å². The van der Waals surface area contributed by atoms with Crippen molar-refractivity contribution in [1.29, 1.82) is 5.26 Å². The number of rotatable bonds is 7. The Kier molecular flexibility index (Phi) is 7.28. The summed E-state index contributed by atoms with van der Waals surface area (Å²) in [5.41, 5.74) is 5.86. The van der Waals surface area contributed by atoms with E-state index in [0.29, 0.717) is 5.56 Å². The molecular formula is C17H19N3O6. The Morgan fingerprint density at radius 3 is 1.96 bits per heavy atom. The normalized spacial score (nSPS) is 12.4. The summed E-state index contributed by atoms with van der Waals surface area (Å²) < 4.78 is 9.13. The van der Waals surface area contributed by atoms with Crippen LogP contribution in [0.5, 0.6) is 0 Å². The molecule has 0 saturated carbocycles. The molecule has 0 radical (unpaired) electrons. The molecule has 0 unspecified atom stereocenters. The van der Waals surface area contributed by atoms with Gasteiger partial charge in [0.05, 0.1) is 25.9 Å². The molecular weight excluding hydrogens is 342 g/mol. The van der Waals surface area contributed by atoms with Gasteiger partial charge in [-0.15, -0.1) is 0 Å². The van der Waals surface area contributed by atoms with E-state index in [1.165, 1.54) is 31.2 Å². The molecule has 1 aromatic rings. The van der Waals surface area contributed by atoms with Crippen LogP contribution in [0.2, 0.25) is 0 Å². The predicted octanol–water partition coefficient (Wildman–Crippen LogP) is -0.260. The van der Waals surface area contributed by atoms with E-state index in [1.807, 2.05) is 6.07 Å². The third-order valence-electron chi connectivity index (χ3n) is 3.83. The second-order valence-corrected chi connectivity index (χ2v) is 5.43. The maximum atomic E-state index is 12.3. The van der Waals surface area contributed by atoms with Gasteiger partial charge in [0.1, 0.15) is 6.04 Å². The number of nitrogens with one attached hydrogen (secondary N) is 1. The molecule has 0 spiro atoms. The molecule has 3 N–H and O–H groups in total. The summed E-state index contributed by atoms with van der Waals surface area (Å²) in [7, 11) is 2.17. The van der Waals surface area contributed by atoms with E-state index in [2.05, 4.69) is 14.8 Å². The van der Waals surface area contributed by atoms with E-state index in [1.54, 1.807) is 0 Å². The van der Waals surface area contributed by atoms with Gasteiger partial charge in [0.15, 0.2) is 5.92 Å². The first-order chi connectivity index (χ1) is 12.3. The number of carbonyl (C=O) groups excluding carboxylic acids is 4. The number of nitrogens with two attached hydrogens (primary N) is 1. The smallest absolute Gasteiger partial charge is 0.320 e. The van der Waals surface area contributed by atoms with E-state index in [0.717, 1.165) is 14.2 Å². The van der Waals surface area contributed by atoms with Crippen LogP contribution < -0.4 is 11.1 Å². The molecule has 26 heavy (non-hydrogen) atoms. The lowest BCUT2D eigenvalue weighted by Gasteiger charge is -2.26. The molecule has 1 rings (SSSR count). The second-order valence-electron chi connectivity index (χ2n) is 5.43. The number of ether oxygens (including phenoxy) is 2. The quantitative estimate of drug-likeness (QED) is 0.502. The van der Waals surface area contributed by atoms with Gasteiger partial charge >= 0.3 is 11.9 Å². The van der Waals surface area contributed by atoms with Crippen LogP contribution in [0.3, 0.4) is 0 Å². The lowest BCUT2D eigenvalue weighted by Crippen LogP contribution is -2.52. The van der Waals surface area contributed by atoms with Gasteiger partial charge in [-0.1, -0.05) is 6.92 Å². The maximum absolute atomic E-state index is 12.3. The highest BCUT2D eigenvalue weighted by atomic mass is 16.5. The standard InChI is InChI=1S/C17H19N3O6/c1-9(12(16(23)25-2)17(24)26-3)13(14(19)21)20-15(22)11-6-4-10(8-18)5-7-11/h4-7,9,12-13H,1-3H3,(H2,19,21)(H,20,22)/t9-,13-/m1/s1. The van der Waals surface area contributed by atoms with Crippen LogP contribution in [-0.4, -0.2) is 44.0 Å². The van der Waals surface area contributed by atoms with Crippen LogP contribution in [0.4, 0.5) is 0 Å². The molecule has 1 aromatic carbocycles. The summed E-state index contributed by atoms with van der Waals surface area (Å²) in [6.07, 6.45) is 0. The first-order valence-electron chi connectivity index (χ1n) is 7.52. The Balaban J connectivity index is 3.07. The zero-order chi connectivity index (χ0) is 19.9. The summed E-state index contributed by atoms with van der Waals surface area (Å²) in [5, 5.41) is 11.2. The Bertz CT molecular complexity index is 722. The minimum atomic E-state index is -1.44. The topological polar surface area (TPSA) is 149 Å². The van der Waals surface area contributed by atoms with Crippen molar-refractivity contribution in [3.63, 3.8) is 0 Å². The van der Waals surface area contributed by atoms with Crippen molar-refractivity contribution in [3.05, 3.63) is 35.4 Å². The minimum Gasteiger partial charge on any atom is -0.468 e. The van der Waals surface area contributed by atoms with E-state index in [9.17, 15) is 19.2 Å². The summed E-state index contributed by atoms with van der Waals surface area (Å²) in [6.45, 7) is 1.40. The average molecular weight is 361 g/mol. The van der Waals surface area contributed by atoms with Crippen LogP contribution in [0.15, 0.2) is 24.3 Å². The number of primary amides is 1. The van der Waals surface area contributed by atoms with Crippen LogP contribution >= 0.6 is 0 Å². The number of hydrogen-bond acceptors (Lipinski definition) is 7. The number of methoxy groups -OCH3 is 2. The van der Waals surface area contributed by atoms with E-state index in [-0.39, 0.29) is 5.56 Å². The summed E-state index contributed by atoms with van der Waals surface area (Å²) >= 11 is 0. The van der Waals surface area contributed by atoms with Gasteiger partial charge in [0.2, 0.25) is 5.91 Å². The number of carbonyl (C=O) groups is 4. The summed E-state index contributed by atoms with van der Waals surface area (Å²) in [5.74, 6) is -5.87. The van der Waals surface area contributed by atoms with Crippen molar-refractivity contribution < 1.29 is 28.7 Å². The van der Waals surface area contributed by atoms with Crippen molar-refractivity contribution in [2.75, 3.05) is 14.2 Å². The molecule has 2 atom stereocenters. The van der Waals surface area contributed by atoms with Gasteiger partial charge in [-0.3, -0.25) is 19.2 Å². The van der Waals surface area contributed by atoms with Crippen molar-refractivity contribution in [2.45, 2.75) is 13.0 Å². The average Bonchev–Trinajstić information content (AvgIpc) is 2.65. The molecule has 0 aliphatic rings. The SMILES string of the molecule is COC(=O)C(C(=O)OC)[C@@H](C)[C@@H](NC(=O)c1ccc(C#N)cc1)C(N)=O. The monoisotopic (exact) mass is 361 g/mol. The van der Waals surface area contributed by atoms with Crippen LogP contribution in [0, 0.1) is 23.2 Å². The molecule has 0 fully saturated rings. The molecule has 0 aliphatic carbocycles. The molecule has 9 nitrogen and oxygen atoms in total. The van der Waals surface area contributed by atoms with Gasteiger partial charge in [0, 0.05) is 11.5 Å². The molecule has 0 saturated heterocycles. The third kappa shape index (κ3) is 4.80. The number of amides is 2. The van der Waals surface area contributed by atoms with Gasteiger partial charge < -0.3 is 20.5 Å². The third-order valence-corrected chi connectivity index (χ3v) is 3.83. The number of esters is 2. The van der Waals surface area contributed by atoms with Crippen molar-refractivity contribution in [1.82, 2.24) is 5.32 Å². The number of nitriles is 1. The fraction of sp³-hybridized carbons (Fsp3) is 0.353. The van der Waals surface area contributed by atoms with Crippen molar-refractivity contribution >= 4 is 23.8 Å². The lowest BCUT2D eigenvalue weighted by atomic mass is 9.86. The molecule has 2 amide bonds. The molecule has 0 aromatic heterocycles.